The summed E-state index contributed by atoms with van der Waals surface area (Å²) in [5, 5.41) is 9.79. The van der Waals surface area contributed by atoms with E-state index in [1.54, 1.807) is 17.8 Å². The highest BCUT2D eigenvalue weighted by molar-refractivity contribution is 8.00. The Kier molecular flexibility index (Phi) is 4.29. The van der Waals surface area contributed by atoms with Crippen LogP contribution in [0.2, 0.25) is 0 Å². The van der Waals surface area contributed by atoms with E-state index < -0.39 is 17.2 Å². The molecule has 1 aromatic rings. The van der Waals surface area contributed by atoms with Gasteiger partial charge in [-0.15, -0.1) is 10.2 Å². The molecular formula is C8H13N5O2S. The van der Waals surface area contributed by atoms with Gasteiger partial charge in [0.2, 0.25) is 5.91 Å². The van der Waals surface area contributed by atoms with Gasteiger partial charge in [0.25, 0.3) is 0 Å². The summed E-state index contributed by atoms with van der Waals surface area (Å²) in [7, 11) is 0. The standard InChI is InChI=1S/C8H13N5O2S/c1-3-13-4-10-12-8(13)16-5(2)6(14)11-7(9)15/h4-5H,3H2,1-2H3,(H3,9,11,14,15). The second-order valence-corrected chi connectivity index (χ2v) is 4.32. The average molecular weight is 243 g/mol. The molecule has 0 saturated carbocycles. The van der Waals surface area contributed by atoms with Gasteiger partial charge in [-0.1, -0.05) is 11.8 Å². The van der Waals surface area contributed by atoms with E-state index in [0.29, 0.717) is 5.16 Å². The molecule has 0 aliphatic carbocycles. The second kappa shape index (κ2) is 5.50. The molecule has 7 nitrogen and oxygen atoms in total. The van der Waals surface area contributed by atoms with Gasteiger partial charge in [0, 0.05) is 6.54 Å². The van der Waals surface area contributed by atoms with Crippen LogP contribution in [-0.2, 0) is 11.3 Å². The number of primary amides is 1. The van der Waals surface area contributed by atoms with E-state index in [0.717, 1.165) is 6.54 Å². The fourth-order valence-electron chi connectivity index (χ4n) is 0.987. The van der Waals surface area contributed by atoms with Crippen LogP contribution in [-0.4, -0.2) is 32.0 Å². The number of carbonyl (C=O) groups is 2. The molecule has 0 saturated heterocycles. The van der Waals surface area contributed by atoms with Crippen LogP contribution in [0.4, 0.5) is 4.79 Å². The SMILES string of the molecule is CCn1cnnc1SC(C)C(=O)NC(N)=O. The van der Waals surface area contributed by atoms with Crippen molar-refractivity contribution in [2.45, 2.75) is 30.8 Å². The molecule has 0 aromatic carbocycles. The maximum absolute atomic E-state index is 11.4. The smallest absolute Gasteiger partial charge is 0.318 e. The summed E-state index contributed by atoms with van der Waals surface area (Å²) in [6, 6.07) is -0.852. The van der Waals surface area contributed by atoms with E-state index in [9.17, 15) is 9.59 Å². The van der Waals surface area contributed by atoms with E-state index in [1.807, 2.05) is 12.2 Å². The zero-order valence-electron chi connectivity index (χ0n) is 9.01. The fourth-order valence-corrected chi connectivity index (χ4v) is 1.88. The quantitative estimate of drug-likeness (QED) is 0.723. The van der Waals surface area contributed by atoms with Gasteiger partial charge in [0.15, 0.2) is 5.16 Å². The van der Waals surface area contributed by atoms with Crippen LogP contribution < -0.4 is 11.1 Å². The number of hydrogen-bond donors (Lipinski definition) is 2. The number of thioether (sulfide) groups is 1. The first kappa shape index (κ1) is 12.5. The summed E-state index contributed by atoms with van der Waals surface area (Å²) in [4.78, 5) is 21.9. The summed E-state index contributed by atoms with van der Waals surface area (Å²) in [5.41, 5.74) is 4.85. The van der Waals surface area contributed by atoms with Gasteiger partial charge < -0.3 is 10.3 Å². The first-order valence-electron chi connectivity index (χ1n) is 4.69. The molecule has 3 N–H and O–H groups in total. The molecule has 0 fully saturated rings. The third-order valence-electron chi connectivity index (χ3n) is 1.82. The number of nitrogens with two attached hydrogens (primary N) is 1. The van der Waals surface area contributed by atoms with E-state index in [-0.39, 0.29) is 0 Å². The number of urea groups is 1. The highest BCUT2D eigenvalue weighted by Crippen LogP contribution is 2.20. The molecule has 1 heterocycles. The molecule has 0 radical (unpaired) electrons. The second-order valence-electron chi connectivity index (χ2n) is 3.01. The summed E-state index contributed by atoms with van der Waals surface area (Å²) >= 11 is 1.22. The molecule has 1 atom stereocenters. The Morgan fingerprint density at radius 1 is 1.69 bits per heavy atom. The predicted molar refractivity (Wildman–Crippen MR) is 58.7 cm³/mol. The fraction of sp³-hybridized carbons (Fsp3) is 0.500. The van der Waals surface area contributed by atoms with Gasteiger partial charge in [0.05, 0.1) is 5.25 Å². The average Bonchev–Trinajstić information content (AvgIpc) is 2.64. The van der Waals surface area contributed by atoms with E-state index >= 15 is 0 Å². The first-order valence-corrected chi connectivity index (χ1v) is 5.57. The number of amides is 3. The van der Waals surface area contributed by atoms with Crippen LogP contribution >= 0.6 is 11.8 Å². The van der Waals surface area contributed by atoms with Gasteiger partial charge in [-0.2, -0.15) is 0 Å². The molecule has 0 aliphatic rings. The number of nitrogens with one attached hydrogen (secondary N) is 1. The van der Waals surface area contributed by atoms with Crippen molar-refractivity contribution in [3.8, 4) is 0 Å². The minimum Gasteiger partial charge on any atom is -0.351 e. The minimum absolute atomic E-state index is 0.442. The Morgan fingerprint density at radius 3 is 2.94 bits per heavy atom. The minimum atomic E-state index is -0.852. The summed E-state index contributed by atoms with van der Waals surface area (Å²) < 4.78 is 1.80. The van der Waals surface area contributed by atoms with Crippen molar-refractivity contribution in [2.75, 3.05) is 0 Å². The van der Waals surface area contributed by atoms with E-state index in [2.05, 4.69) is 10.2 Å². The Balaban J connectivity index is 2.60. The third kappa shape index (κ3) is 3.23. The van der Waals surface area contributed by atoms with Crippen LogP contribution in [0, 0.1) is 0 Å². The lowest BCUT2D eigenvalue weighted by molar-refractivity contribution is -0.119. The molecule has 0 aliphatic heterocycles. The molecule has 16 heavy (non-hydrogen) atoms. The lowest BCUT2D eigenvalue weighted by Gasteiger charge is -2.09. The van der Waals surface area contributed by atoms with Crippen molar-refractivity contribution >= 4 is 23.7 Å². The van der Waals surface area contributed by atoms with Crippen molar-refractivity contribution in [3.63, 3.8) is 0 Å². The van der Waals surface area contributed by atoms with Gasteiger partial charge >= 0.3 is 6.03 Å². The lowest BCUT2D eigenvalue weighted by Crippen LogP contribution is -2.39. The van der Waals surface area contributed by atoms with Crippen LogP contribution in [0.1, 0.15) is 13.8 Å². The maximum Gasteiger partial charge on any atom is 0.318 e. The van der Waals surface area contributed by atoms with Gasteiger partial charge in [-0.25, -0.2) is 4.79 Å². The molecule has 1 rings (SSSR count). The summed E-state index contributed by atoms with van der Waals surface area (Å²) in [6.07, 6.45) is 1.58. The number of rotatable bonds is 4. The predicted octanol–water partition coefficient (Wildman–Crippen LogP) is -0.0265. The van der Waals surface area contributed by atoms with E-state index in [1.165, 1.54) is 11.8 Å². The van der Waals surface area contributed by atoms with E-state index in [4.69, 9.17) is 5.73 Å². The maximum atomic E-state index is 11.4. The number of hydrogen-bond acceptors (Lipinski definition) is 5. The third-order valence-corrected chi connectivity index (χ3v) is 2.91. The number of imide groups is 1. The van der Waals surface area contributed by atoms with Crippen LogP contribution in [0.25, 0.3) is 0 Å². The molecule has 8 heteroatoms. The molecule has 1 unspecified atom stereocenters. The van der Waals surface area contributed by atoms with Crippen molar-refractivity contribution in [1.29, 1.82) is 0 Å². The molecule has 88 valence electrons. The lowest BCUT2D eigenvalue weighted by atomic mass is 10.4. The largest absolute Gasteiger partial charge is 0.351 e. The number of aryl methyl sites for hydroxylation is 1. The Hall–Kier alpha value is -1.57. The van der Waals surface area contributed by atoms with Gasteiger partial charge in [-0.3, -0.25) is 10.1 Å². The van der Waals surface area contributed by atoms with Crippen LogP contribution in [0.15, 0.2) is 11.5 Å². The normalized spacial score (nSPS) is 12.1. The monoisotopic (exact) mass is 243 g/mol. The highest BCUT2D eigenvalue weighted by atomic mass is 32.2. The number of nitrogens with zero attached hydrogens (tertiary/aromatic N) is 3. The van der Waals surface area contributed by atoms with Crippen molar-refractivity contribution in [2.24, 2.45) is 5.73 Å². The molecular weight excluding hydrogens is 230 g/mol. The molecule has 0 spiro atoms. The topological polar surface area (TPSA) is 103 Å². The Morgan fingerprint density at radius 2 is 2.38 bits per heavy atom. The summed E-state index contributed by atoms with van der Waals surface area (Å²) in [6.45, 7) is 4.33. The van der Waals surface area contributed by atoms with Crippen molar-refractivity contribution in [3.05, 3.63) is 6.33 Å². The zero-order valence-corrected chi connectivity index (χ0v) is 9.82. The summed E-state index contributed by atoms with van der Waals surface area (Å²) in [5.74, 6) is -0.442. The molecule has 0 bridgehead atoms. The molecule has 1 aromatic heterocycles. The van der Waals surface area contributed by atoms with Crippen molar-refractivity contribution in [1.82, 2.24) is 20.1 Å². The number of carbonyl (C=O) groups excluding carboxylic acids is 2. The molecule has 3 amide bonds. The Labute approximate surface area is 96.8 Å². The van der Waals surface area contributed by atoms with Gasteiger partial charge in [0.1, 0.15) is 6.33 Å². The Bertz CT molecular complexity index is 392. The zero-order chi connectivity index (χ0) is 12.1. The first-order chi connectivity index (χ1) is 7.54. The number of aromatic nitrogens is 3. The van der Waals surface area contributed by atoms with Crippen LogP contribution in [0.3, 0.4) is 0 Å². The van der Waals surface area contributed by atoms with Crippen molar-refractivity contribution < 1.29 is 9.59 Å². The van der Waals surface area contributed by atoms with Gasteiger partial charge in [-0.05, 0) is 13.8 Å². The van der Waals surface area contributed by atoms with Crippen LogP contribution in [0.5, 0.6) is 0 Å². The highest BCUT2D eigenvalue weighted by Gasteiger charge is 2.18.